The number of hydrogen-bond acceptors (Lipinski definition) is 3. The molecular formula is C19H23ClN2O3S. The number of hydrogen-bond donors (Lipinski definition) is 1. The number of carbonyl (C=O) groups excluding carboxylic acids is 1. The summed E-state index contributed by atoms with van der Waals surface area (Å²) in [4.78, 5) is 12.0. The average molecular weight is 395 g/mol. The summed E-state index contributed by atoms with van der Waals surface area (Å²) in [6.45, 7) is 0.876. The maximum atomic E-state index is 12.0. The minimum Gasteiger partial charge on any atom is -0.354 e. The number of rotatable bonds is 9. The third kappa shape index (κ3) is 7.15. The van der Waals surface area contributed by atoms with Crippen molar-refractivity contribution in [2.24, 2.45) is 0 Å². The average Bonchev–Trinajstić information content (AvgIpc) is 2.59. The Morgan fingerprint density at radius 3 is 2.27 bits per heavy atom. The number of sulfonamides is 1. The van der Waals surface area contributed by atoms with Crippen molar-refractivity contribution in [1.29, 1.82) is 0 Å². The van der Waals surface area contributed by atoms with Gasteiger partial charge in [0.05, 0.1) is 12.7 Å². The Balaban J connectivity index is 1.82. The van der Waals surface area contributed by atoms with Crippen LogP contribution in [-0.2, 0) is 27.7 Å². The number of nitrogens with zero attached hydrogens (tertiary/aromatic N) is 1. The summed E-state index contributed by atoms with van der Waals surface area (Å²) in [6.07, 6.45) is 2.05. The first kappa shape index (κ1) is 20.4. The molecule has 0 unspecified atom stereocenters. The largest absolute Gasteiger partial charge is 0.354 e. The molecule has 26 heavy (non-hydrogen) atoms. The Hall–Kier alpha value is -1.89. The van der Waals surface area contributed by atoms with Gasteiger partial charge in [0.25, 0.3) is 0 Å². The molecule has 0 fully saturated rings. The van der Waals surface area contributed by atoms with E-state index < -0.39 is 10.0 Å². The fourth-order valence-electron chi connectivity index (χ4n) is 2.51. The lowest BCUT2D eigenvalue weighted by molar-refractivity contribution is -0.120. The Morgan fingerprint density at radius 2 is 1.65 bits per heavy atom. The van der Waals surface area contributed by atoms with E-state index in [0.29, 0.717) is 18.0 Å². The van der Waals surface area contributed by atoms with Gasteiger partial charge in [0.1, 0.15) is 0 Å². The summed E-state index contributed by atoms with van der Waals surface area (Å²) in [6, 6.07) is 16.7. The van der Waals surface area contributed by atoms with E-state index >= 15 is 0 Å². The van der Waals surface area contributed by atoms with Crippen LogP contribution in [0.2, 0.25) is 5.02 Å². The van der Waals surface area contributed by atoms with E-state index in [-0.39, 0.29) is 25.4 Å². The third-order valence-electron chi connectivity index (χ3n) is 3.92. The van der Waals surface area contributed by atoms with Crippen molar-refractivity contribution < 1.29 is 13.2 Å². The van der Waals surface area contributed by atoms with Crippen molar-refractivity contribution in [3.05, 3.63) is 70.7 Å². The zero-order valence-corrected chi connectivity index (χ0v) is 16.3. The minimum atomic E-state index is -3.34. The van der Waals surface area contributed by atoms with Crippen LogP contribution < -0.4 is 5.32 Å². The molecule has 1 N–H and O–H groups in total. The minimum absolute atomic E-state index is 0.123. The van der Waals surface area contributed by atoms with E-state index in [1.165, 1.54) is 10.6 Å². The summed E-state index contributed by atoms with van der Waals surface area (Å²) < 4.78 is 25.3. The van der Waals surface area contributed by atoms with Crippen molar-refractivity contribution >= 4 is 27.5 Å². The van der Waals surface area contributed by atoms with Gasteiger partial charge >= 0.3 is 0 Å². The van der Waals surface area contributed by atoms with Crippen molar-refractivity contribution in [3.63, 3.8) is 0 Å². The summed E-state index contributed by atoms with van der Waals surface area (Å²) in [5.74, 6) is -0.123. The number of carbonyl (C=O) groups is 1. The lowest BCUT2D eigenvalue weighted by Crippen LogP contribution is -2.39. The highest BCUT2D eigenvalue weighted by Gasteiger charge is 2.16. The molecule has 0 saturated heterocycles. The highest BCUT2D eigenvalue weighted by atomic mass is 35.5. The van der Waals surface area contributed by atoms with Crippen LogP contribution in [0.1, 0.15) is 11.1 Å². The lowest BCUT2D eigenvalue weighted by Gasteiger charge is -2.20. The zero-order valence-electron chi connectivity index (χ0n) is 14.7. The van der Waals surface area contributed by atoms with Crippen molar-refractivity contribution in [1.82, 2.24) is 9.62 Å². The maximum absolute atomic E-state index is 12.0. The second-order valence-corrected chi connectivity index (χ2v) is 8.47. The molecule has 2 rings (SSSR count). The van der Waals surface area contributed by atoms with Crippen LogP contribution in [0.15, 0.2) is 54.6 Å². The Kier molecular flexibility index (Phi) is 7.63. The summed E-state index contributed by atoms with van der Waals surface area (Å²) in [5, 5.41) is 3.42. The second kappa shape index (κ2) is 9.71. The lowest BCUT2D eigenvalue weighted by atomic mass is 10.1. The van der Waals surface area contributed by atoms with Crippen molar-refractivity contribution in [2.45, 2.75) is 12.8 Å². The van der Waals surface area contributed by atoms with Crippen molar-refractivity contribution in [2.75, 3.05) is 25.9 Å². The molecule has 5 nitrogen and oxygen atoms in total. The van der Waals surface area contributed by atoms with E-state index in [0.717, 1.165) is 11.1 Å². The third-order valence-corrected chi connectivity index (χ3v) is 5.48. The molecule has 2 aromatic rings. The van der Waals surface area contributed by atoms with Crippen LogP contribution in [0.5, 0.6) is 0 Å². The topological polar surface area (TPSA) is 66.5 Å². The highest BCUT2D eigenvalue weighted by Crippen LogP contribution is 2.11. The Labute approximate surface area is 160 Å². The zero-order chi connectivity index (χ0) is 19.0. The SMILES string of the molecule is CS(=O)(=O)N(CCNC(=O)Cc1ccccc1)CCc1ccc(Cl)cc1. The van der Waals surface area contributed by atoms with E-state index in [2.05, 4.69) is 5.32 Å². The molecule has 0 aliphatic heterocycles. The molecule has 0 aliphatic rings. The predicted molar refractivity (Wildman–Crippen MR) is 105 cm³/mol. The van der Waals surface area contributed by atoms with Gasteiger partial charge in [0.2, 0.25) is 15.9 Å². The van der Waals surface area contributed by atoms with Crippen LogP contribution >= 0.6 is 11.6 Å². The van der Waals surface area contributed by atoms with E-state index in [1.807, 2.05) is 42.5 Å². The first-order chi connectivity index (χ1) is 12.3. The summed E-state index contributed by atoms with van der Waals surface area (Å²) in [7, 11) is -3.34. The molecule has 0 saturated carbocycles. The van der Waals surface area contributed by atoms with Gasteiger partial charge in [-0.25, -0.2) is 12.7 Å². The maximum Gasteiger partial charge on any atom is 0.224 e. The van der Waals surface area contributed by atoms with Gasteiger partial charge in [-0.1, -0.05) is 54.1 Å². The number of benzene rings is 2. The molecule has 0 bridgehead atoms. The van der Waals surface area contributed by atoms with Crippen LogP contribution in [0.4, 0.5) is 0 Å². The van der Waals surface area contributed by atoms with Gasteiger partial charge in [-0.3, -0.25) is 4.79 Å². The fourth-order valence-corrected chi connectivity index (χ4v) is 3.48. The van der Waals surface area contributed by atoms with E-state index in [9.17, 15) is 13.2 Å². The van der Waals surface area contributed by atoms with Crippen LogP contribution in [-0.4, -0.2) is 44.5 Å². The molecule has 1 amide bonds. The molecule has 0 aliphatic carbocycles. The van der Waals surface area contributed by atoms with Gasteiger partial charge in [0, 0.05) is 24.7 Å². The molecule has 140 valence electrons. The molecule has 0 spiro atoms. The molecule has 0 atom stereocenters. The molecule has 7 heteroatoms. The first-order valence-electron chi connectivity index (χ1n) is 8.35. The van der Waals surface area contributed by atoms with Gasteiger partial charge in [-0.05, 0) is 29.7 Å². The second-order valence-electron chi connectivity index (χ2n) is 6.05. The number of amides is 1. The van der Waals surface area contributed by atoms with Crippen LogP contribution in [0.3, 0.4) is 0 Å². The number of nitrogens with one attached hydrogen (secondary N) is 1. The van der Waals surface area contributed by atoms with E-state index in [1.54, 1.807) is 12.1 Å². The van der Waals surface area contributed by atoms with Crippen molar-refractivity contribution in [3.8, 4) is 0 Å². The van der Waals surface area contributed by atoms with E-state index in [4.69, 9.17) is 11.6 Å². The Bertz CT molecular complexity index is 808. The van der Waals surface area contributed by atoms with Crippen LogP contribution in [0.25, 0.3) is 0 Å². The summed E-state index contributed by atoms with van der Waals surface area (Å²) >= 11 is 5.86. The van der Waals surface area contributed by atoms with Gasteiger partial charge in [-0.2, -0.15) is 0 Å². The molecular weight excluding hydrogens is 372 g/mol. The Morgan fingerprint density at radius 1 is 1.00 bits per heavy atom. The molecule has 2 aromatic carbocycles. The standard InChI is InChI=1S/C19H23ClN2O3S/c1-26(24,25)22(13-11-16-7-9-18(20)10-8-16)14-12-21-19(23)15-17-5-3-2-4-6-17/h2-10H,11-15H2,1H3,(H,21,23). The molecule has 0 aromatic heterocycles. The quantitative estimate of drug-likeness (QED) is 0.710. The molecule has 0 heterocycles. The fraction of sp³-hybridized carbons (Fsp3) is 0.316. The highest BCUT2D eigenvalue weighted by molar-refractivity contribution is 7.88. The normalized spacial score (nSPS) is 11.5. The smallest absolute Gasteiger partial charge is 0.224 e. The van der Waals surface area contributed by atoms with Gasteiger partial charge in [0.15, 0.2) is 0 Å². The first-order valence-corrected chi connectivity index (χ1v) is 10.6. The van der Waals surface area contributed by atoms with Crippen LogP contribution in [0, 0.1) is 0 Å². The number of halogens is 1. The summed E-state index contributed by atoms with van der Waals surface area (Å²) in [5.41, 5.74) is 1.93. The van der Waals surface area contributed by atoms with Gasteiger partial charge in [-0.15, -0.1) is 0 Å². The van der Waals surface area contributed by atoms with Gasteiger partial charge < -0.3 is 5.32 Å². The predicted octanol–water partition coefficient (Wildman–Crippen LogP) is 2.50. The molecule has 0 radical (unpaired) electrons. The monoisotopic (exact) mass is 394 g/mol.